The number of thiol groups is 1. The number of primary amides is 1. The van der Waals surface area contributed by atoms with E-state index < -0.39 is 72.1 Å². The molecule has 0 bridgehead atoms. The molecule has 4 amide bonds. The van der Waals surface area contributed by atoms with Crippen molar-refractivity contribution in [3.05, 3.63) is 0 Å². The molecule has 0 aliphatic carbocycles. The van der Waals surface area contributed by atoms with Crippen LogP contribution in [0.2, 0.25) is 0 Å². The van der Waals surface area contributed by atoms with Crippen molar-refractivity contribution in [2.45, 2.75) is 57.3 Å². The Morgan fingerprint density at radius 1 is 0.903 bits per heavy atom. The quantitative estimate of drug-likeness (QED) is 0.124. The van der Waals surface area contributed by atoms with Crippen molar-refractivity contribution in [1.82, 2.24) is 16.0 Å². The normalized spacial score (nSPS) is 14.6. The highest BCUT2D eigenvalue weighted by Crippen LogP contribution is 2.06. The van der Waals surface area contributed by atoms with Gasteiger partial charge in [0.25, 0.3) is 0 Å². The second-order valence-electron chi connectivity index (χ2n) is 7.08. The number of nitrogens with two attached hydrogens (primary N) is 2. The number of carboxylic acids is 2. The van der Waals surface area contributed by atoms with Crippen LogP contribution in [0.4, 0.5) is 0 Å². The first-order chi connectivity index (χ1) is 14.3. The topological polar surface area (TPSA) is 231 Å². The van der Waals surface area contributed by atoms with Gasteiger partial charge < -0.3 is 37.6 Å². The molecule has 14 heteroatoms. The third-order valence-corrected chi connectivity index (χ3v) is 4.45. The minimum absolute atomic E-state index is 0.219. The van der Waals surface area contributed by atoms with Gasteiger partial charge in [-0.3, -0.25) is 24.0 Å². The molecule has 0 aromatic carbocycles. The van der Waals surface area contributed by atoms with E-state index in [1.54, 1.807) is 13.8 Å². The zero-order chi connectivity index (χ0) is 24.3. The average molecular weight is 464 g/mol. The lowest BCUT2D eigenvalue weighted by atomic mass is 10.0. The van der Waals surface area contributed by atoms with Gasteiger partial charge in [0, 0.05) is 12.2 Å². The number of amides is 4. The Morgan fingerprint density at radius 3 is 1.87 bits per heavy atom. The van der Waals surface area contributed by atoms with Crippen molar-refractivity contribution >= 4 is 48.2 Å². The summed E-state index contributed by atoms with van der Waals surface area (Å²) < 4.78 is 0. The van der Waals surface area contributed by atoms with Crippen LogP contribution in [0.15, 0.2) is 0 Å². The fraction of sp³-hybridized carbons (Fsp3) is 0.647. The van der Waals surface area contributed by atoms with Gasteiger partial charge in [0.05, 0.1) is 12.5 Å². The van der Waals surface area contributed by atoms with E-state index in [-0.39, 0.29) is 18.6 Å². The number of nitrogens with one attached hydrogen (secondary N) is 3. The van der Waals surface area contributed by atoms with Crippen LogP contribution in [0, 0.1) is 5.92 Å². The molecule has 0 saturated carbocycles. The molecule has 0 aromatic heterocycles. The van der Waals surface area contributed by atoms with Gasteiger partial charge in [0.2, 0.25) is 23.6 Å². The van der Waals surface area contributed by atoms with Crippen LogP contribution in [-0.4, -0.2) is 75.7 Å². The van der Waals surface area contributed by atoms with Crippen LogP contribution in [-0.2, 0) is 28.8 Å². The average Bonchev–Trinajstić information content (AvgIpc) is 2.65. The maximum atomic E-state index is 12.7. The second kappa shape index (κ2) is 13.4. The number of carbonyl (C=O) groups excluding carboxylic acids is 4. The molecule has 0 rings (SSSR count). The third-order valence-electron chi connectivity index (χ3n) is 4.09. The van der Waals surface area contributed by atoms with Crippen molar-refractivity contribution in [2.75, 3.05) is 5.75 Å². The van der Waals surface area contributed by atoms with Crippen LogP contribution >= 0.6 is 12.6 Å². The van der Waals surface area contributed by atoms with Crippen LogP contribution in [0.3, 0.4) is 0 Å². The molecule has 0 aromatic rings. The Bertz CT molecular complexity index is 702. The van der Waals surface area contributed by atoms with Gasteiger partial charge in [0.1, 0.15) is 18.1 Å². The molecule has 0 fully saturated rings. The predicted octanol–water partition coefficient (Wildman–Crippen LogP) is -2.82. The molecule has 13 nitrogen and oxygen atoms in total. The molecule has 0 spiro atoms. The number of rotatable bonds is 14. The highest BCUT2D eigenvalue weighted by atomic mass is 32.1. The van der Waals surface area contributed by atoms with Crippen LogP contribution in [0.1, 0.15) is 33.1 Å². The Balaban J connectivity index is 5.41. The van der Waals surface area contributed by atoms with E-state index in [2.05, 4.69) is 28.6 Å². The molecule has 0 radical (unpaired) electrons. The van der Waals surface area contributed by atoms with Gasteiger partial charge in [-0.05, 0) is 12.3 Å². The van der Waals surface area contributed by atoms with Crippen LogP contribution in [0.25, 0.3) is 0 Å². The highest BCUT2D eigenvalue weighted by Gasteiger charge is 2.31. The zero-order valence-electron chi connectivity index (χ0n) is 17.2. The molecular formula is C17H29N5O8S. The monoisotopic (exact) mass is 463 g/mol. The Hall–Kier alpha value is -2.87. The van der Waals surface area contributed by atoms with E-state index in [0.29, 0.717) is 0 Å². The second-order valence-corrected chi connectivity index (χ2v) is 7.45. The minimum Gasteiger partial charge on any atom is -0.481 e. The van der Waals surface area contributed by atoms with Crippen molar-refractivity contribution in [1.29, 1.82) is 0 Å². The van der Waals surface area contributed by atoms with Crippen molar-refractivity contribution in [3.63, 3.8) is 0 Å². The fourth-order valence-electron chi connectivity index (χ4n) is 2.35. The van der Waals surface area contributed by atoms with E-state index in [9.17, 15) is 28.8 Å². The van der Waals surface area contributed by atoms with E-state index >= 15 is 0 Å². The van der Waals surface area contributed by atoms with E-state index in [4.69, 9.17) is 21.7 Å². The van der Waals surface area contributed by atoms with E-state index in [1.165, 1.54) is 0 Å². The molecule has 4 atom stereocenters. The summed E-state index contributed by atoms with van der Waals surface area (Å²) in [6, 6.07) is -5.24. The SMILES string of the molecule is CC(C)C(NC(=O)C(N)CC(=O)O)C(=O)NC(CCC(N)=O)C(=O)NC(CS)C(=O)O. The van der Waals surface area contributed by atoms with Crippen LogP contribution < -0.4 is 27.4 Å². The summed E-state index contributed by atoms with van der Waals surface area (Å²) in [4.78, 5) is 70.2. The standard InChI is InChI=1S/C17H29N5O8S/c1-7(2)13(22-14(26)8(18)5-12(24)25)16(28)20-9(3-4-11(19)23)15(27)21-10(6-31)17(29)30/h7-10,13,31H,3-6,18H2,1-2H3,(H2,19,23)(H,20,28)(H,21,27)(H,22,26)(H,24,25)(H,29,30). The highest BCUT2D eigenvalue weighted by molar-refractivity contribution is 7.80. The Kier molecular flexibility index (Phi) is 12.2. The lowest BCUT2D eigenvalue weighted by Crippen LogP contribution is -2.58. The van der Waals surface area contributed by atoms with Crippen molar-refractivity contribution in [3.8, 4) is 0 Å². The van der Waals surface area contributed by atoms with Crippen LogP contribution in [0.5, 0.6) is 0 Å². The van der Waals surface area contributed by atoms with Gasteiger partial charge in [-0.15, -0.1) is 0 Å². The van der Waals surface area contributed by atoms with E-state index in [1.807, 2.05) is 0 Å². The maximum absolute atomic E-state index is 12.7. The smallest absolute Gasteiger partial charge is 0.327 e. The summed E-state index contributed by atoms with van der Waals surface area (Å²) >= 11 is 3.83. The largest absolute Gasteiger partial charge is 0.481 e. The summed E-state index contributed by atoms with van der Waals surface area (Å²) in [6.45, 7) is 3.18. The molecule has 4 unspecified atom stereocenters. The first kappa shape index (κ1) is 28.1. The maximum Gasteiger partial charge on any atom is 0.327 e. The molecule has 0 heterocycles. The van der Waals surface area contributed by atoms with Gasteiger partial charge in [-0.1, -0.05) is 13.8 Å². The lowest BCUT2D eigenvalue weighted by Gasteiger charge is -2.26. The first-order valence-electron chi connectivity index (χ1n) is 9.30. The van der Waals surface area contributed by atoms with E-state index in [0.717, 1.165) is 0 Å². The number of hydrogen-bond acceptors (Lipinski definition) is 8. The molecule has 31 heavy (non-hydrogen) atoms. The number of carbonyl (C=O) groups is 6. The summed E-state index contributed by atoms with van der Waals surface area (Å²) in [7, 11) is 0. The fourth-order valence-corrected chi connectivity index (χ4v) is 2.60. The Labute approximate surface area is 184 Å². The Morgan fingerprint density at radius 2 is 1.45 bits per heavy atom. The van der Waals surface area contributed by atoms with Gasteiger partial charge >= 0.3 is 11.9 Å². The summed E-state index contributed by atoms with van der Waals surface area (Å²) in [5.41, 5.74) is 10.6. The van der Waals surface area contributed by atoms with Crippen molar-refractivity contribution in [2.24, 2.45) is 17.4 Å². The third kappa shape index (κ3) is 10.6. The molecule has 0 saturated heterocycles. The molecule has 176 valence electrons. The molecule has 9 N–H and O–H groups in total. The molecule has 0 aliphatic rings. The first-order valence-corrected chi connectivity index (χ1v) is 9.93. The summed E-state index contributed by atoms with van der Waals surface area (Å²) in [5, 5.41) is 24.7. The lowest BCUT2D eigenvalue weighted by molar-refractivity contribution is -0.141. The number of aliphatic carboxylic acids is 2. The van der Waals surface area contributed by atoms with Crippen molar-refractivity contribution < 1.29 is 39.0 Å². The predicted molar refractivity (Wildman–Crippen MR) is 111 cm³/mol. The minimum atomic E-state index is -1.40. The van der Waals surface area contributed by atoms with Gasteiger partial charge in [-0.2, -0.15) is 12.6 Å². The molecule has 0 aliphatic heterocycles. The van der Waals surface area contributed by atoms with Gasteiger partial charge in [0.15, 0.2) is 0 Å². The summed E-state index contributed by atoms with van der Waals surface area (Å²) in [5.74, 6) is -6.66. The summed E-state index contributed by atoms with van der Waals surface area (Å²) in [6.07, 6.45) is -1.15. The molecular weight excluding hydrogens is 434 g/mol. The zero-order valence-corrected chi connectivity index (χ0v) is 18.1. The van der Waals surface area contributed by atoms with Gasteiger partial charge in [-0.25, -0.2) is 4.79 Å². The number of hydrogen-bond donors (Lipinski definition) is 8. The number of carboxylic acid groups (broad SMARTS) is 2.